The Morgan fingerprint density at radius 2 is 1.58 bits per heavy atom. The molecule has 0 aliphatic carbocycles. The van der Waals surface area contributed by atoms with Crippen LogP contribution in [0.3, 0.4) is 0 Å². The number of nitrogens with zero attached hydrogens (tertiary/aromatic N) is 2. The number of carbonyl (C=O) groups excluding carboxylic acids is 2. The van der Waals surface area contributed by atoms with Crippen molar-refractivity contribution in [2.45, 2.75) is 6.42 Å². The number of hydrogen-bond acceptors (Lipinski definition) is 6. The molecule has 0 spiro atoms. The lowest BCUT2D eigenvalue weighted by Gasteiger charge is -2.18. The van der Waals surface area contributed by atoms with Crippen LogP contribution in [0.25, 0.3) is 11.1 Å². The Morgan fingerprint density at radius 1 is 0.939 bits per heavy atom. The Labute approximate surface area is 191 Å². The van der Waals surface area contributed by atoms with E-state index < -0.39 is 11.9 Å². The fourth-order valence-corrected chi connectivity index (χ4v) is 3.76. The van der Waals surface area contributed by atoms with Gasteiger partial charge in [-0.25, -0.2) is 0 Å². The zero-order valence-corrected chi connectivity index (χ0v) is 18.3. The summed E-state index contributed by atoms with van der Waals surface area (Å²) in [5.41, 5.74) is 3.13. The SMILES string of the molecule is COc1ccc(N2CC(C(=O)Oc3ccc(-c4ccc(C#N)cc4)cc3)CC2=O)cc1OC. The standard InChI is InChI=1S/C26H22N2O5/c1-31-23-12-9-21(14-24(23)32-2)28-16-20(13-25(28)29)26(30)33-22-10-7-19(8-11-22)18-5-3-17(15-27)4-6-18/h3-12,14,20H,13,16H2,1-2H3. The molecule has 0 aromatic heterocycles. The van der Waals surface area contributed by atoms with Gasteiger partial charge in [-0.2, -0.15) is 5.26 Å². The highest BCUT2D eigenvalue weighted by molar-refractivity contribution is 6.00. The number of nitriles is 1. The van der Waals surface area contributed by atoms with Gasteiger partial charge in [0.1, 0.15) is 5.75 Å². The maximum Gasteiger partial charge on any atom is 0.316 e. The van der Waals surface area contributed by atoms with Crippen molar-refractivity contribution in [1.29, 1.82) is 5.26 Å². The van der Waals surface area contributed by atoms with Gasteiger partial charge in [-0.15, -0.1) is 0 Å². The summed E-state index contributed by atoms with van der Waals surface area (Å²) in [5, 5.41) is 8.92. The summed E-state index contributed by atoms with van der Waals surface area (Å²) in [5.74, 6) is 0.320. The van der Waals surface area contributed by atoms with Crippen molar-refractivity contribution < 1.29 is 23.8 Å². The zero-order chi connectivity index (χ0) is 23.4. The first-order valence-electron chi connectivity index (χ1n) is 10.4. The molecule has 166 valence electrons. The molecule has 1 heterocycles. The maximum atomic E-state index is 12.7. The molecule has 0 radical (unpaired) electrons. The van der Waals surface area contributed by atoms with Crippen LogP contribution in [-0.4, -0.2) is 32.6 Å². The molecule has 1 unspecified atom stereocenters. The summed E-state index contributed by atoms with van der Waals surface area (Å²) in [6.45, 7) is 0.233. The second kappa shape index (κ2) is 9.45. The minimum Gasteiger partial charge on any atom is -0.493 e. The third kappa shape index (κ3) is 4.65. The Bertz CT molecular complexity index is 1210. The molecule has 0 N–H and O–H groups in total. The van der Waals surface area contributed by atoms with Gasteiger partial charge in [0.05, 0.1) is 31.8 Å². The van der Waals surface area contributed by atoms with E-state index in [2.05, 4.69) is 6.07 Å². The molecule has 1 atom stereocenters. The highest BCUT2D eigenvalue weighted by Crippen LogP contribution is 2.34. The van der Waals surface area contributed by atoms with E-state index in [1.54, 1.807) is 54.5 Å². The van der Waals surface area contributed by atoms with E-state index in [0.29, 0.717) is 28.5 Å². The van der Waals surface area contributed by atoms with Crippen LogP contribution >= 0.6 is 0 Å². The lowest BCUT2D eigenvalue weighted by molar-refractivity contribution is -0.139. The minimum absolute atomic E-state index is 0.0799. The smallest absolute Gasteiger partial charge is 0.316 e. The summed E-state index contributed by atoms with van der Waals surface area (Å²) >= 11 is 0. The number of amides is 1. The number of anilines is 1. The first-order chi connectivity index (χ1) is 16.0. The fourth-order valence-electron chi connectivity index (χ4n) is 3.76. The molecule has 1 aliphatic rings. The van der Waals surface area contributed by atoms with Gasteiger partial charge in [-0.05, 0) is 47.5 Å². The van der Waals surface area contributed by atoms with Crippen molar-refractivity contribution in [2.75, 3.05) is 25.7 Å². The monoisotopic (exact) mass is 442 g/mol. The van der Waals surface area contributed by atoms with Gasteiger partial charge in [0.15, 0.2) is 11.5 Å². The predicted octanol–water partition coefficient (Wildman–Crippen LogP) is 4.20. The molecule has 1 aliphatic heterocycles. The summed E-state index contributed by atoms with van der Waals surface area (Å²) in [4.78, 5) is 26.8. The molecule has 0 bridgehead atoms. The highest BCUT2D eigenvalue weighted by Gasteiger charge is 2.36. The number of methoxy groups -OCH3 is 2. The summed E-state index contributed by atoms with van der Waals surface area (Å²) in [6.07, 6.45) is 0.0799. The number of hydrogen-bond donors (Lipinski definition) is 0. The van der Waals surface area contributed by atoms with Gasteiger partial charge >= 0.3 is 5.97 Å². The van der Waals surface area contributed by atoms with Crippen molar-refractivity contribution in [3.63, 3.8) is 0 Å². The molecule has 7 heteroatoms. The van der Waals surface area contributed by atoms with Crippen molar-refractivity contribution in [3.8, 4) is 34.4 Å². The van der Waals surface area contributed by atoms with Crippen LogP contribution in [0.15, 0.2) is 66.7 Å². The van der Waals surface area contributed by atoms with Crippen LogP contribution in [0.4, 0.5) is 5.69 Å². The lowest BCUT2D eigenvalue weighted by Crippen LogP contribution is -2.27. The van der Waals surface area contributed by atoms with E-state index in [4.69, 9.17) is 19.5 Å². The lowest BCUT2D eigenvalue weighted by atomic mass is 10.0. The first kappa shape index (κ1) is 21.9. The summed E-state index contributed by atoms with van der Waals surface area (Å²) < 4.78 is 16.1. The van der Waals surface area contributed by atoms with Crippen LogP contribution in [0.2, 0.25) is 0 Å². The Morgan fingerprint density at radius 3 is 2.18 bits per heavy atom. The third-order valence-corrected chi connectivity index (χ3v) is 5.56. The molecule has 33 heavy (non-hydrogen) atoms. The van der Waals surface area contributed by atoms with Gasteiger partial charge in [0.2, 0.25) is 5.91 Å². The molecule has 1 fully saturated rings. The molecule has 3 aromatic rings. The molecular weight excluding hydrogens is 420 g/mol. The van der Waals surface area contributed by atoms with Gasteiger partial charge in [0.25, 0.3) is 0 Å². The number of esters is 1. The zero-order valence-electron chi connectivity index (χ0n) is 18.3. The van der Waals surface area contributed by atoms with E-state index in [0.717, 1.165) is 11.1 Å². The van der Waals surface area contributed by atoms with Crippen molar-refractivity contribution in [1.82, 2.24) is 0 Å². The molecule has 1 amide bonds. The van der Waals surface area contributed by atoms with Gasteiger partial charge < -0.3 is 19.1 Å². The van der Waals surface area contributed by atoms with Crippen LogP contribution in [0, 0.1) is 17.2 Å². The second-order valence-electron chi connectivity index (χ2n) is 7.58. The molecule has 3 aromatic carbocycles. The first-order valence-corrected chi connectivity index (χ1v) is 10.4. The summed E-state index contributed by atoms with van der Waals surface area (Å²) in [6, 6.07) is 21.7. The van der Waals surface area contributed by atoms with Gasteiger partial charge in [0, 0.05) is 24.7 Å². The Kier molecular flexibility index (Phi) is 6.27. The molecule has 4 rings (SSSR count). The average Bonchev–Trinajstić information content (AvgIpc) is 3.26. The average molecular weight is 442 g/mol. The van der Waals surface area contributed by atoms with Crippen LogP contribution < -0.4 is 19.1 Å². The molecule has 0 saturated carbocycles. The van der Waals surface area contributed by atoms with E-state index in [-0.39, 0.29) is 18.9 Å². The quantitative estimate of drug-likeness (QED) is 0.420. The van der Waals surface area contributed by atoms with E-state index >= 15 is 0 Å². The van der Waals surface area contributed by atoms with Gasteiger partial charge in [-0.3, -0.25) is 9.59 Å². The maximum absolute atomic E-state index is 12.7. The molecular formula is C26H22N2O5. The predicted molar refractivity (Wildman–Crippen MR) is 122 cm³/mol. The summed E-state index contributed by atoms with van der Waals surface area (Å²) in [7, 11) is 3.07. The second-order valence-corrected chi connectivity index (χ2v) is 7.58. The number of benzene rings is 3. The normalized spacial score (nSPS) is 15.1. The van der Waals surface area contributed by atoms with Crippen molar-refractivity contribution in [2.24, 2.45) is 5.92 Å². The topological polar surface area (TPSA) is 88.9 Å². The molecule has 7 nitrogen and oxygen atoms in total. The van der Waals surface area contributed by atoms with Crippen molar-refractivity contribution in [3.05, 3.63) is 72.3 Å². The number of rotatable bonds is 6. The Balaban J connectivity index is 1.42. The Hall–Kier alpha value is -4.31. The fraction of sp³-hybridized carbons (Fsp3) is 0.192. The van der Waals surface area contributed by atoms with E-state index in [9.17, 15) is 9.59 Å². The van der Waals surface area contributed by atoms with E-state index in [1.807, 2.05) is 24.3 Å². The van der Waals surface area contributed by atoms with Crippen molar-refractivity contribution >= 4 is 17.6 Å². The number of ether oxygens (including phenoxy) is 3. The molecule has 1 saturated heterocycles. The van der Waals surface area contributed by atoms with Crippen LogP contribution in [0.5, 0.6) is 17.2 Å². The number of carbonyl (C=O) groups is 2. The largest absolute Gasteiger partial charge is 0.493 e. The highest BCUT2D eigenvalue weighted by atomic mass is 16.5. The van der Waals surface area contributed by atoms with Crippen LogP contribution in [-0.2, 0) is 9.59 Å². The minimum atomic E-state index is -0.566. The van der Waals surface area contributed by atoms with Crippen LogP contribution in [0.1, 0.15) is 12.0 Å². The van der Waals surface area contributed by atoms with Gasteiger partial charge in [-0.1, -0.05) is 24.3 Å². The third-order valence-electron chi connectivity index (χ3n) is 5.56. The van der Waals surface area contributed by atoms with E-state index in [1.165, 1.54) is 7.11 Å².